The molecule has 0 unspecified atom stereocenters. The SMILES string of the molecule is OCc1cccc(CCCc2ccc(F)cc2)c1. The van der Waals surface area contributed by atoms with E-state index in [0.717, 1.165) is 30.4 Å². The summed E-state index contributed by atoms with van der Waals surface area (Å²) in [7, 11) is 0. The van der Waals surface area contributed by atoms with Crippen molar-refractivity contribution >= 4 is 0 Å². The molecule has 2 aromatic rings. The first-order chi connectivity index (χ1) is 8.78. The van der Waals surface area contributed by atoms with Gasteiger partial charge in [-0.25, -0.2) is 4.39 Å². The van der Waals surface area contributed by atoms with Crippen LogP contribution >= 0.6 is 0 Å². The van der Waals surface area contributed by atoms with Gasteiger partial charge in [-0.15, -0.1) is 0 Å². The molecule has 0 radical (unpaired) electrons. The van der Waals surface area contributed by atoms with Gasteiger partial charge in [-0.1, -0.05) is 36.4 Å². The van der Waals surface area contributed by atoms with E-state index in [9.17, 15) is 4.39 Å². The molecule has 0 aromatic heterocycles. The third kappa shape index (κ3) is 3.67. The quantitative estimate of drug-likeness (QED) is 0.853. The summed E-state index contributed by atoms with van der Waals surface area (Å²) in [5.74, 6) is -0.186. The van der Waals surface area contributed by atoms with E-state index in [1.54, 1.807) is 0 Å². The number of halogens is 1. The fraction of sp³-hybridized carbons (Fsp3) is 0.250. The molecule has 2 heteroatoms. The van der Waals surface area contributed by atoms with Crippen molar-refractivity contribution < 1.29 is 9.50 Å². The average Bonchev–Trinajstić information content (AvgIpc) is 2.41. The van der Waals surface area contributed by atoms with Crippen LogP contribution in [0.4, 0.5) is 4.39 Å². The van der Waals surface area contributed by atoms with E-state index < -0.39 is 0 Å². The van der Waals surface area contributed by atoms with E-state index in [1.807, 2.05) is 30.3 Å². The van der Waals surface area contributed by atoms with Crippen LogP contribution in [-0.4, -0.2) is 5.11 Å². The molecule has 2 rings (SSSR count). The Hall–Kier alpha value is -1.67. The van der Waals surface area contributed by atoms with Crippen LogP contribution in [0.1, 0.15) is 23.1 Å². The normalized spacial score (nSPS) is 10.6. The van der Waals surface area contributed by atoms with Crippen molar-refractivity contribution in [3.05, 3.63) is 71.0 Å². The third-order valence-electron chi connectivity index (χ3n) is 3.02. The Morgan fingerprint density at radius 2 is 1.50 bits per heavy atom. The van der Waals surface area contributed by atoms with Gasteiger partial charge < -0.3 is 5.11 Å². The molecule has 0 saturated heterocycles. The summed E-state index contributed by atoms with van der Waals surface area (Å²) in [5, 5.41) is 9.06. The fourth-order valence-electron chi connectivity index (χ4n) is 2.03. The van der Waals surface area contributed by atoms with Crippen LogP contribution in [0.25, 0.3) is 0 Å². The molecule has 0 spiro atoms. The summed E-state index contributed by atoms with van der Waals surface area (Å²) in [4.78, 5) is 0. The number of benzene rings is 2. The fourth-order valence-corrected chi connectivity index (χ4v) is 2.03. The smallest absolute Gasteiger partial charge is 0.123 e. The monoisotopic (exact) mass is 244 g/mol. The molecule has 0 aliphatic rings. The van der Waals surface area contributed by atoms with Crippen LogP contribution in [0.3, 0.4) is 0 Å². The number of hydrogen-bond donors (Lipinski definition) is 1. The summed E-state index contributed by atoms with van der Waals surface area (Å²) >= 11 is 0. The summed E-state index contributed by atoms with van der Waals surface area (Å²) < 4.78 is 12.7. The summed E-state index contributed by atoms with van der Waals surface area (Å²) in [6.07, 6.45) is 2.95. The van der Waals surface area contributed by atoms with Crippen molar-refractivity contribution in [2.24, 2.45) is 0 Å². The minimum Gasteiger partial charge on any atom is -0.392 e. The number of aliphatic hydroxyl groups is 1. The average molecular weight is 244 g/mol. The van der Waals surface area contributed by atoms with Crippen LogP contribution in [0.2, 0.25) is 0 Å². The molecule has 0 atom stereocenters. The second-order valence-electron chi connectivity index (χ2n) is 4.46. The van der Waals surface area contributed by atoms with Gasteiger partial charge in [0.15, 0.2) is 0 Å². The Bertz CT molecular complexity index is 491. The van der Waals surface area contributed by atoms with Crippen molar-refractivity contribution in [2.45, 2.75) is 25.9 Å². The van der Waals surface area contributed by atoms with Crippen LogP contribution in [0, 0.1) is 5.82 Å². The van der Waals surface area contributed by atoms with Crippen LogP contribution in [0.5, 0.6) is 0 Å². The lowest BCUT2D eigenvalue weighted by Gasteiger charge is -2.04. The molecule has 0 bridgehead atoms. The van der Waals surface area contributed by atoms with Crippen LogP contribution < -0.4 is 0 Å². The largest absolute Gasteiger partial charge is 0.392 e. The second-order valence-corrected chi connectivity index (χ2v) is 4.46. The maximum absolute atomic E-state index is 12.7. The third-order valence-corrected chi connectivity index (χ3v) is 3.02. The van der Waals surface area contributed by atoms with Gasteiger partial charge in [0.05, 0.1) is 6.61 Å². The number of hydrogen-bond acceptors (Lipinski definition) is 1. The molecular weight excluding hydrogens is 227 g/mol. The first kappa shape index (κ1) is 12.8. The standard InChI is InChI=1S/C16H17FO/c17-16-9-7-13(8-10-16)3-1-4-14-5-2-6-15(11-14)12-18/h2,5-11,18H,1,3-4,12H2. The van der Waals surface area contributed by atoms with E-state index in [0.29, 0.717) is 0 Å². The van der Waals surface area contributed by atoms with E-state index in [-0.39, 0.29) is 12.4 Å². The van der Waals surface area contributed by atoms with Gasteiger partial charge in [0.25, 0.3) is 0 Å². The van der Waals surface area contributed by atoms with Crippen molar-refractivity contribution in [1.82, 2.24) is 0 Å². The number of aliphatic hydroxyl groups excluding tert-OH is 1. The lowest BCUT2D eigenvalue weighted by molar-refractivity contribution is 0.281. The zero-order valence-corrected chi connectivity index (χ0v) is 10.3. The molecule has 2 aromatic carbocycles. The van der Waals surface area contributed by atoms with Crippen molar-refractivity contribution in [2.75, 3.05) is 0 Å². The molecule has 0 amide bonds. The summed E-state index contributed by atoms with van der Waals surface area (Å²) in [5.41, 5.74) is 3.35. The Kier molecular flexibility index (Phi) is 4.48. The van der Waals surface area contributed by atoms with Gasteiger partial charge in [0, 0.05) is 0 Å². The van der Waals surface area contributed by atoms with E-state index in [4.69, 9.17) is 5.11 Å². The molecular formula is C16H17FO. The predicted octanol–water partition coefficient (Wildman–Crippen LogP) is 3.49. The van der Waals surface area contributed by atoms with Gasteiger partial charge >= 0.3 is 0 Å². The molecule has 0 fully saturated rings. The van der Waals surface area contributed by atoms with E-state index in [1.165, 1.54) is 17.7 Å². The topological polar surface area (TPSA) is 20.2 Å². The van der Waals surface area contributed by atoms with Gasteiger partial charge in [-0.3, -0.25) is 0 Å². The van der Waals surface area contributed by atoms with Crippen molar-refractivity contribution in [1.29, 1.82) is 0 Å². The summed E-state index contributed by atoms with van der Waals surface area (Å²) in [6, 6.07) is 14.7. The minimum atomic E-state index is -0.186. The van der Waals surface area contributed by atoms with E-state index >= 15 is 0 Å². The van der Waals surface area contributed by atoms with Gasteiger partial charge in [0.1, 0.15) is 5.82 Å². The molecule has 0 aliphatic heterocycles. The highest BCUT2D eigenvalue weighted by Crippen LogP contribution is 2.11. The molecule has 1 N–H and O–H groups in total. The highest BCUT2D eigenvalue weighted by atomic mass is 19.1. The zero-order chi connectivity index (χ0) is 12.8. The molecule has 1 nitrogen and oxygen atoms in total. The maximum atomic E-state index is 12.7. The molecule has 0 saturated carbocycles. The second kappa shape index (κ2) is 6.31. The number of rotatable bonds is 5. The molecule has 18 heavy (non-hydrogen) atoms. The Morgan fingerprint density at radius 1 is 0.833 bits per heavy atom. The Labute approximate surface area is 107 Å². The first-order valence-corrected chi connectivity index (χ1v) is 6.21. The Balaban J connectivity index is 1.86. The lowest BCUT2D eigenvalue weighted by atomic mass is 10.0. The van der Waals surface area contributed by atoms with Gasteiger partial charge in [-0.05, 0) is 48.1 Å². The first-order valence-electron chi connectivity index (χ1n) is 6.21. The molecule has 0 aliphatic carbocycles. The molecule has 0 heterocycles. The van der Waals surface area contributed by atoms with Gasteiger partial charge in [-0.2, -0.15) is 0 Å². The van der Waals surface area contributed by atoms with Crippen LogP contribution in [-0.2, 0) is 19.4 Å². The minimum absolute atomic E-state index is 0.0891. The predicted molar refractivity (Wildman–Crippen MR) is 70.8 cm³/mol. The number of aryl methyl sites for hydroxylation is 2. The highest BCUT2D eigenvalue weighted by molar-refractivity contribution is 5.23. The van der Waals surface area contributed by atoms with E-state index in [2.05, 4.69) is 6.07 Å². The van der Waals surface area contributed by atoms with Gasteiger partial charge in [0.2, 0.25) is 0 Å². The maximum Gasteiger partial charge on any atom is 0.123 e. The van der Waals surface area contributed by atoms with Crippen molar-refractivity contribution in [3.8, 4) is 0 Å². The highest BCUT2D eigenvalue weighted by Gasteiger charge is 1.98. The zero-order valence-electron chi connectivity index (χ0n) is 10.3. The summed E-state index contributed by atoms with van der Waals surface area (Å²) in [6.45, 7) is 0.0891. The Morgan fingerprint density at radius 3 is 2.22 bits per heavy atom. The van der Waals surface area contributed by atoms with Crippen LogP contribution in [0.15, 0.2) is 48.5 Å². The lowest BCUT2D eigenvalue weighted by Crippen LogP contribution is -1.92. The van der Waals surface area contributed by atoms with Crippen molar-refractivity contribution in [3.63, 3.8) is 0 Å². The molecule has 94 valence electrons.